The molecule has 2 heterocycles. The van der Waals surface area contributed by atoms with E-state index in [0.717, 1.165) is 30.5 Å². The van der Waals surface area contributed by atoms with Crippen molar-refractivity contribution in [1.29, 1.82) is 0 Å². The Labute approximate surface area is 124 Å². The normalized spacial score (nSPS) is 24.1. The number of nitrogens with zero attached hydrogens (tertiary/aromatic N) is 1. The number of nitrogens with one attached hydrogen (secondary N) is 2. The maximum absolute atomic E-state index is 12.9. The third-order valence-corrected chi connectivity index (χ3v) is 4.47. The van der Waals surface area contributed by atoms with E-state index in [1.54, 1.807) is 11.9 Å². The van der Waals surface area contributed by atoms with Crippen LogP contribution in [-0.2, 0) is 9.59 Å². The number of likely N-dealkylation sites (tertiary alicyclic amines) is 1. The Kier molecular flexibility index (Phi) is 3.82. The number of hydrogen-bond acceptors (Lipinski definition) is 3. The molecule has 2 amide bonds. The average molecular weight is 287 g/mol. The Hall–Kier alpha value is -2.04. The third kappa shape index (κ3) is 2.48. The van der Waals surface area contributed by atoms with Crippen molar-refractivity contribution >= 4 is 17.5 Å². The standard InChI is InChI=1S/C16H21N3O2/c1-17-15(20)14-8-4-5-9-19(14)16(21)12-10-18-13-7-3-2-6-11(12)13/h2-3,6-7,12,14,18H,4-5,8-10H2,1H3,(H,17,20). The summed E-state index contributed by atoms with van der Waals surface area (Å²) >= 11 is 0. The molecule has 2 aliphatic heterocycles. The minimum atomic E-state index is -0.316. The number of hydrogen-bond donors (Lipinski definition) is 2. The number of fused-ring (bicyclic) bond motifs is 1. The molecule has 1 fully saturated rings. The summed E-state index contributed by atoms with van der Waals surface area (Å²) < 4.78 is 0. The Morgan fingerprint density at radius 2 is 2.10 bits per heavy atom. The lowest BCUT2D eigenvalue weighted by molar-refractivity contribution is -0.143. The molecular weight excluding hydrogens is 266 g/mol. The average Bonchev–Trinajstić information content (AvgIpc) is 2.97. The largest absolute Gasteiger partial charge is 0.384 e. The van der Waals surface area contributed by atoms with Gasteiger partial charge in [-0.1, -0.05) is 18.2 Å². The summed E-state index contributed by atoms with van der Waals surface area (Å²) in [6.07, 6.45) is 2.73. The van der Waals surface area contributed by atoms with Crippen molar-refractivity contribution in [2.24, 2.45) is 0 Å². The highest BCUT2D eigenvalue weighted by atomic mass is 16.2. The number of carbonyl (C=O) groups is 2. The van der Waals surface area contributed by atoms with E-state index in [1.807, 2.05) is 24.3 Å². The maximum atomic E-state index is 12.9. The van der Waals surface area contributed by atoms with Crippen LogP contribution in [-0.4, -0.2) is 42.9 Å². The number of anilines is 1. The summed E-state index contributed by atoms with van der Waals surface area (Å²) in [5, 5.41) is 5.96. The second-order valence-electron chi connectivity index (χ2n) is 5.68. The van der Waals surface area contributed by atoms with Crippen LogP contribution in [0.1, 0.15) is 30.7 Å². The molecule has 5 nitrogen and oxygen atoms in total. The van der Waals surface area contributed by atoms with E-state index in [2.05, 4.69) is 10.6 Å². The predicted molar refractivity (Wildman–Crippen MR) is 81.1 cm³/mol. The van der Waals surface area contributed by atoms with Gasteiger partial charge in [0.2, 0.25) is 11.8 Å². The minimum Gasteiger partial charge on any atom is -0.384 e. The van der Waals surface area contributed by atoms with Gasteiger partial charge in [-0.15, -0.1) is 0 Å². The van der Waals surface area contributed by atoms with Gasteiger partial charge in [-0.3, -0.25) is 9.59 Å². The van der Waals surface area contributed by atoms with E-state index in [1.165, 1.54) is 0 Å². The molecule has 0 saturated carbocycles. The van der Waals surface area contributed by atoms with Crippen molar-refractivity contribution in [2.45, 2.75) is 31.2 Å². The molecule has 2 N–H and O–H groups in total. The number of amides is 2. The second-order valence-corrected chi connectivity index (χ2v) is 5.68. The van der Waals surface area contributed by atoms with Crippen LogP contribution < -0.4 is 10.6 Å². The van der Waals surface area contributed by atoms with Crippen molar-refractivity contribution in [3.63, 3.8) is 0 Å². The molecule has 3 rings (SSSR count). The van der Waals surface area contributed by atoms with Crippen LogP contribution in [0.25, 0.3) is 0 Å². The Bertz CT molecular complexity index is 558. The van der Waals surface area contributed by atoms with Gasteiger partial charge in [0, 0.05) is 25.8 Å². The topological polar surface area (TPSA) is 61.4 Å². The number of piperidine rings is 1. The van der Waals surface area contributed by atoms with Crippen LogP contribution in [0.2, 0.25) is 0 Å². The molecule has 2 unspecified atom stereocenters. The molecule has 2 aliphatic rings. The Balaban J connectivity index is 1.82. The molecule has 112 valence electrons. The Morgan fingerprint density at radius 1 is 1.29 bits per heavy atom. The van der Waals surface area contributed by atoms with Crippen molar-refractivity contribution in [3.8, 4) is 0 Å². The van der Waals surface area contributed by atoms with E-state index in [4.69, 9.17) is 0 Å². The number of para-hydroxylation sites is 1. The van der Waals surface area contributed by atoms with Gasteiger partial charge in [0.05, 0.1) is 5.92 Å². The zero-order valence-corrected chi connectivity index (χ0v) is 12.3. The lowest BCUT2D eigenvalue weighted by Crippen LogP contribution is -2.52. The van der Waals surface area contributed by atoms with Gasteiger partial charge in [0.15, 0.2) is 0 Å². The summed E-state index contributed by atoms with van der Waals surface area (Å²) in [7, 11) is 1.63. The molecule has 0 aromatic heterocycles. The van der Waals surface area contributed by atoms with E-state index in [9.17, 15) is 9.59 Å². The van der Waals surface area contributed by atoms with Crippen LogP contribution in [0.5, 0.6) is 0 Å². The first-order valence-corrected chi connectivity index (χ1v) is 7.57. The highest BCUT2D eigenvalue weighted by molar-refractivity contribution is 5.93. The zero-order chi connectivity index (χ0) is 14.8. The van der Waals surface area contributed by atoms with Crippen molar-refractivity contribution < 1.29 is 9.59 Å². The van der Waals surface area contributed by atoms with Crippen LogP contribution in [0.4, 0.5) is 5.69 Å². The molecule has 2 atom stereocenters. The quantitative estimate of drug-likeness (QED) is 0.862. The van der Waals surface area contributed by atoms with Gasteiger partial charge in [0.1, 0.15) is 6.04 Å². The monoisotopic (exact) mass is 287 g/mol. The van der Waals surface area contributed by atoms with Gasteiger partial charge in [-0.25, -0.2) is 0 Å². The van der Waals surface area contributed by atoms with Gasteiger partial charge >= 0.3 is 0 Å². The first-order chi connectivity index (χ1) is 10.2. The summed E-state index contributed by atoms with van der Waals surface area (Å²) in [5.74, 6) is -0.158. The molecule has 0 radical (unpaired) electrons. The van der Waals surface area contributed by atoms with Crippen molar-refractivity contribution in [2.75, 3.05) is 25.5 Å². The molecule has 0 aliphatic carbocycles. The second kappa shape index (κ2) is 5.76. The minimum absolute atomic E-state index is 0.0534. The van der Waals surface area contributed by atoms with E-state index < -0.39 is 0 Å². The molecule has 1 saturated heterocycles. The Morgan fingerprint density at radius 3 is 2.90 bits per heavy atom. The van der Waals surface area contributed by atoms with Gasteiger partial charge < -0.3 is 15.5 Å². The summed E-state index contributed by atoms with van der Waals surface area (Å²) in [6, 6.07) is 7.60. The highest BCUT2D eigenvalue weighted by Gasteiger charge is 2.37. The fourth-order valence-electron chi connectivity index (χ4n) is 3.34. The van der Waals surface area contributed by atoms with Gasteiger partial charge in [0.25, 0.3) is 0 Å². The SMILES string of the molecule is CNC(=O)C1CCCCN1C(=O)C1CNc2ccccc21. The summed E-state index contributed by atoms with van der Waals surface area (Å²) in [4.78, 5) is 26.7. The van der Waals surface area contributed by atoms with Crippen LogP contribution in [0.15, 0.2) is 24.3 Å². The smallest absolute Gasteiger partial charge is 0.242 e. The molecular formula is C16H21N3O2. The fraction of sp³-hybridized carbons (Fsp3) is 0.500. The number of carbonyl (C=O) groups excluding carboxylic acids is 2. The molecule has 5 heteroatoms. The molecule has 0 bridgehead atoms. The molecule has 0 spiro atoms. The van der Waals surface area contributed by atoms with Gasteiger partial charge in [-0.2, -0.15) is 0 Å². The summed E-state index contributed by atoms with van der Waals surface area (Å²) in [6.45, 7) is 1.30. The first-order valence-electron chi connectivity index (χ1n) is 7.57. The van der Waals surface area contributed by atoms with Crippen LogP contribution in [0, 0.1) is 0 Å². The lowest BCUT2D eigenvalue weighted by Gasteiger charge is -2.36. The number of benzene rings is 1. The zero-order valence-electron chi connectivity index (χ0n) is 12.3. The first kappa shape index (κ1) is 13.9. The predicted octanol–water partition coefficient (Wildman–Crippen LogP) is 1.32. The highest BCUT2D eigenvalue weighted by Crippen LogP contribution is 2.33. The maximum Gasteiger partial charge on any atom is 0.242 e. The van der Waals surface area contributed by atoms with E-state index in [0.29, 0.717) is 13.1 Å². The molecule has 21 heavy (non-hydrogen) atoms. The molecule has 1 aromatic rings. The third-order valence-electron chi connectivity index (χ3n) is 4.47. The van der Waals surface area contributed by atoms with Crippen LogP contribution >= 0.6 is 0 Å². The number of rotatable bonds is 2. The van der Waals surface area contributed by atoms with E-state index >= 15 is 0 Å². The lowest BCUT2D eigenvalue weighted by atomic mass is 9.95. The van der Waals surface area contributed by atoms with Crippen molar-refractivity contribution in [1.82, 2.24) is 10.2 Å². The fourth-order valence-corrected chi connectivity index (χ4v) is 3.34. The van der Waals surface area contributed by atoms with Gasteiger partial charge in [-0.05, 0) is 30.9 Å². The van der Waals surface area contributed by atoms with Crippen LogP contribution in [0.3, 0.4) is 0 Å². The number of likely N-dealkylation sites (N-methyl/N-ethyl adjacent to an activating group) is 1. The molecule has 1 aromatic carbocycles. The van der Waals surface area contributed by atoms with Crippen molar-refractivity contribution in [3.05, 3.63) is 29.8 Å². The summed E-state index contributed by atoms with van der Waals surface area (Å²) in [5.41, 5.74) is 2.08. The van der Waals surface area contributed by atoms with E-state index in [-0.39, 0.29) is 23.8 Å².